The molecule has 1 aliphatic carbocycles. The van der Waals surface area contributed by atoms with Gasteiger partial charge in [0.25, 0.3) is 0 Å². The fourth-order valence-corrected chi connectivity index (χ4v) is 4.26. The van der Waals surface area contributed by atoms with Crippen molar-refractivity contribution in [3.63, 3.8) is 0 Å². The lowest BCUT2D eigenvalue weighted by molar-refractivity contribution is 0.186. The summed E-state index contributed by atoms with van der Waals surface area (Å²) in [6.07, 6.45) is 8.79. The normalized spacial score (nSPS) is 18.3. The third-order valence-electron chi connectivity index (χ3n) is 6.01. The Balaban J connectivity index is 1.14. The molecular formula is C24H32N4O2. The Labute approximate surface area is 179 Å². The van der Waals surface area contributed by atoms with E-state index in [4.69, 9.17) is 4.74 Å². The molecule has 1 aromatic carbocycles. The first-order chi connectivity index (χ1) is 14.7. The number of rotatable bonds is 7. The smallest absolute Gasteiger partial charge is 0.315 e. The van der Waals surface area contributed by atoms with E-state index >= 15 is 0 Å². The van der Waals surface area contributed by atoms with E-state index in [1.54, 1.807) is 6.20 Å². The number of hydrogen-bond donors (Lipinski definition) is 2. The van der Waals surface area contributed by atoms with E-state index < -0.39 is 0 Å². The molecule has 0 atom stereocenters. The zero-order valence-corrected chi connectivity index (χ0v) is 17.6. The molecule has 2 fully saturated rings. The first-order valence-electron chi connectivity index (χ1n) is 11.2. The largest absolute Gasteiger partial charge is 0.474 e. The summed E-state index contributed by atoms with van der Waals surface area (Å²) < 4.78 is 5.89. The minimum absolute atomic E-state index is 0.109. The van der Waals surface area contributed by atoms with Gasteiger partial charge in [-0.3, -0.25) is 4.90 Å². The fourth-order valence-electron chi connectivity index (χ4n) is 4.26. The van der Waals surface area contributed by atoms with Gasteiger partial charge in [-0.05, 0) is 49.7 Å². The molecule has 1 saturated carbocycles. The molecule has 6 nitrogen and oxygen atoms in total. The van der Waals surface area contributed by atoms with Gasteiger partial charge in [0, 0.05) is 44.5 Å². The first kappa shape index (κ1) is 20.7. The third-order valence-corrected chi connectivity index (χ3v) is 6.01. The van der Waals surface area contributed by atoms with Crippen LogP contribution in [0.3, 0.4) is 0 Å². The van der Waals surface area contributed by atoms with Gasteiger partial charge < -0.3 is 15.4 Å². The lowest BCUT2D eigenvalue weighted by atomic mass is 10.0. The maximum atomic E-state index is 12.3. The van der Waals surface area contributed by atoms with E-state index in [0.717, 1.165) is 50.9 Å². The average Bonchev–Trinajstić information content (AvgIpc) is 3.28. The third kappa shape index (κ3) is 6.20. The molecular weight excluding hydrogens is 376 g/mol. The van der Waals surface area contributed by atoms with E-state index in [0.29, 0.717) is 18.5 Å². The second-order valence-corrected chi connectivity index (χ2v) is 8.39. The van der Waals surface area contributed by atoms with Crippen LogP contribution in [0.15, 0.2) is 48.7 Å². The Morgan fingerprint density at radius 3 is 2.47 bits per heavy atom. The van der Waals surface area contributed by atoms with Crippen LogP contribution in [0.1, 0.15) is 49.7 Å². The van der Waals surface area contributed by atoms with Crippen LogP contribution in [0.5, 0.6) is 5.88 Å². The molecule has 2 heterocycles. The van der Waals surface area contributed by atoms with Gasteiger partial charge in [-0.2, -0.15) is 0 Å². The van der Waals surface area contributed by atoms with Gasteiger partial charge in [0.05, 0.1) is 0 Å². The van der Waals surface area contributed by atoms with Gasteiger partial charge in [-0.25, -0.2) is 9.78 Å². The number of nitrogens with zero attached hydrogens (tertiary/aromatic N) is 2. The molecule has 6 heteroatoms. The topological polar surface area (TPSA) is 66.5 Å². The quantitative estimate of drug-likeness (QED) is 0.730. The highest BCUT2D eigenvalue weighted by Crippen LogP contribution is 2.22. The van der Waals surface area contributed by atoms with Gasteiger partial charge in [-0.15, -0.1) is 0 Å². The van der Waals surface area contributed by atoms with E-state index in [9.17, 15) is 4.79 Å². The van der Waals surface area contributed by atoms with Crippen molar-refractivity contribution in [2.75, 3.05) is 13.1 Å². The Hall–Kier alpha value is -2.60. The van der Waals surface area contributed by atoms with Gasteiger partial charge in [-0.1, -0.05) is 36.4 Å². The lowest BCUT2D eigenvalue weighted by Crippen LogP contribution is -2.47. The van der Waals surface area contributed by atoms with Crippen LogP contribution in [0, 0.1) is 0 Å². The van der Waals surface area contributed by atoms with Crippen molar-refractivity contribution in [3.8, 4) is 5.88 Å². The zero-order chi connectivity index (χ0) is 20.6. The first-order valence-corrected chi connectivity index (χ1v) is 11.2. The SMILES string of the molecule is O=C(NCc1ccc(OC2CCCC2)nc1)NC1CCN(Cc2ccccc2)CC1. The number of pyridine rings is 1. The van der Waals surface area contributed by atoms with Crippen molar-refractivity contribution < 1.29 is 9.53 Å². The predicted octanol–water partition coefficient (Wildman–Crippen LogP) is 3.87. The van der Waals surface area contributed by atoms with E-state index in [-0.39, 0.29) is 12.1 Å². The molecule has 1 aromatic heterocycles. The molecule has 0 unspecified atom stereocenters. The van der Waals surface area contributed by atoms with Crippen molar-refractivity contribution in [1.29, 1.82) is 0 Å². The summed E-state index contributed by atoms with van der Waals surface area (Å²) in [5.41, 5.74) is 2.32. The summed E-state index contributed by atoms with van der Waals surface area (Å²) in [5, 5.41) is 6.06. The second kappa shape index (κ2) is 10.4. The summed E-state index contributed by atoms with van der Waals surface area (Å²) in [6.45, 7) is 3.46. The summed E-state index contributed by atoms with van der Waals surface area (Å²) in [4.78, 5) is 19.1. The van der Waals surface area contributed by atoms with Gasteiger partial charge in [0.1, 0.15) is 6.10 Å². The number of carbonyl (C=O) groups excluding carboxylic acids is 1. The van der Waals surface area contributed by atoms with Crippen molar-refractivity contribution >= 4 is 6.03 Å². The average molecular weight is 409 g/mol. The number of likely N-dealkylation sites (tertiary alicyclic amines) is 1. The standard InChI is InChI=1S/C24H32N4O2/c29-24(26-17-20-10-11-23(25-16-20)30-22-8-4-5-9-22)27-21-12-14-28(15-13-21)18-19-6-2-1-3-7-19/h1-3,6-7,10-11,16,21-22H,4-5,8-9,12-15,17-18H2,(H2,26,27,29). The maximum absolute atomic E-state index is 12.3. The summed E-state index contributed by atoms with van der Waals surface area (Å²) >= 11 is 0. The number of urea groups is 1. The number of aromatic nitrogens is 1. The van der Waals surface area contributed by atoms with Crippen molar-refractivity contribution in [2.45, 2.75) is 63.8 Å². The molecule has 2 N–H and O–H groups in total. The Kier molecular flexibility index (Phi) is 7.19. The number of ether oxygens (including phenoxy) is 1. The van der Waals surface area contributed by atoms with Gasteiger partial charge >= 0.3 is 6.03 Å². The van der Waals surface area contributed by atoms with E-state index in [2.05, 4.69) is 44.8 Å². The fraction of sp³-hybridized carbons (Fsp3) is 0.500. The highest BCUT2D eigenvalue weighted by atomic mass is 16.5. The van der Waals surface area contributed by atoms with Crippen LogP contribution in [-0.2, 0) is 13.1 Å². The number of benzene rings is 1. The molecule has 0 bridgehead atoms. The van der Waals surface area contributed by atoms with Gasteiger partial charge in [0.2, 0.25) is 5.88 Å². The molecule has 1 aliphatic heterocycles. The minimum Gasteiger partial charge on any atom is -0.474 e. The molecule has 0 radical (unpaired) electrons. The van der Waals surface area contributed by atoms with Crippen LogP contribution >= 0.6 is 0 Å². The van der Waals surface area contributed by atoms with E-state index in [1.807, 2.05) is 18.2 Å². The number of piperidine rings is 1. The summed E-state index contributed by atoms with van der Waals surface area (Å²) in [6, 6.07) is 14.5. The molecule has 2 aromatic rings. The number of amides is 2. The van der Waals surface area contributed by atoms with Crippen molar-refractivity contribution in [1.82, 2.24) is 20.5 Å². The van der Waals surface area contributed by atoms with Crippen LogP contribution in [0.2, 0.25) is 0 Å². The summed E-state index contributed by atoms with van der Waals surface area (Å²) in [5.74, 6) is 0.678. The molecule has 4 rings (SSSR count). The molecule has 1 saturated heterocycles. The minimum atomic E-state index is -0.109. The summed E-state index contributed by atoms with van der Waals surface area (Å²) in [7, 11) is 0. The lowest BCUT2D eigenvalue weighted by Gasteiger charge is -2.32. The maximum Gasteiger partial charge on any atom is 0.315 e. The molecule has 2 aliphatic rings. The highest BCUT2D eigenvalue weighted by molar-refractivity contribution is 5.74. The van der Waals surface area contributed by atoms with Crippen LogP contribution in [-0.4, -0.2) is 41.2 Å². The second-order valence-electron chi connectivity index (χ2n) is 8.39. The molecule has 30 heavy (non-hydrogen) atoms. The van der Waals surface area contributed by atoms with Crippen LogP contribution in [0.4, 0.5) is 4.79 Å². The van der Waals surface area contributed by atoms with Crippen molar-refractivity contribution in [2.24, 2.45) is 0 Å². The number of carbonyl (C=O) groups is 1. The predicted molar refractivity (Wildman–Crippen MR) is 117 cm³/mol. The van der Waals surface area contributed by atoms with E-state index in [1.165, 1.54) is 18.4 Å². The van der Waals surface area contributed by atoms with Crippen LogP contribution in [0.25, 0.3) is 0 Å². The highest BCUT2D eigenvalue weighted by Gasteiger charge is 2.21. The van der Waals surface area contributed by atoms with Crippen molar-refractivity contribution in [3.05, 3.63) is 59.8 Å². The monoisotopic (exact) mass is 408 g/mol. The van der Waals surface area contributed by atoms with Gasteiger partial charge in [0.15, 0.2) is 0 Å². The van der Waals surface area contributed by atoms with Crippen LogP contribution < -0.4 is 15.4 Å². The molecule has 160 valence electrons. The molecule has 0 spiro atoms. The number of hydrogen-bond acceptors (Lipinski definition) is 4. The molecule has 2 amide bonds. The Morgan fingerprint density at radius 2 is 1.77 bits per heavy atom. The zero-order valence-electron chi connectivity index (χ0n) is 17.6. The number of nitrogens with one attached hydrogen (secondary N) is 2. The Bertz CT molecular complexity index is 783. The Morgan fingerprint density at radius 1 is 1.00 bits per heavy atom.